The van der Waals surface area contributed by atoms with Crippen LogP contribution in [0.5, 0.6) is 0 Å². The molecule has 1 saturated carbocycles. The van der Waals surface area contributed by atoms with Crippen LogP contribution in [0.4, 0.5) is 0 Å². The minimum absolute atomic E-state index is 0.131. The number of ketones is 1. The van der Waals surface area contributed by atoms with E-state index in [4.69, 9.17) is 11.6 Å². The smallest absolute Gasteiger partial charge is 0.165 e. The normalized spacial score (nSPS) is 14.9. The Morgan fingerprint density at radius 3 is 2.79 bits per heavy atom. The van der Waals surface area contributed by atoms with Crippen LogP contribution < -0.4 is 0 Å². The summed E-state index contributed by atoms with van der Waals surface area (Å²) in [4.78, 5) is 14.5. The zero-order valence-corrected chi connectivity index (χ0v) is 13.5. The van der Waals surface area contributed by atoms with E-state index in [1.807, 2.05) is 6.07 Å². The Hall–Kier alpha value is -0.380. The van der Waals surface area contributed by atoms with Gasteiger partial charge in [0.1, 0.15) is 0 Å². The summed E-state index contributed by atoms with van der Waals surface area (Å²) in [6.07, 6.45) is 3.24. The lowest BCUT2D eigenvalue weighted by Gasteiger charge is -2.19. The molecule has 2 nitrogen and oxygen atoms in total. The van der Waals surface area contributed by atoms with Crippen LogP contribution in [0.25, 0.3) is 0 Å². The minimum atomic E-state index is 0.131. The topological polar surface area (TPSA) is 20.3 Å². The Bertz CT molecular complexity index is 459. The molecule has 1 aliphatic carbocycles. The molecular formula is C15H19BrClNO. The first-order valence-corrected chi connectivity index (χ1v) is 7.98. The highest BCUT2D eigenvalue weighted by atomic mass is 79.9. The summed E-state index contributed by atoms with van der Waals surface area (Å²) >= 11 is 9.45. The van der Waals surface area contributed by atoms with Gasteiger partial charge in [-0.15, -0.1) is 0 Å². The van der Waals surface area contributed by atoms with E-state index in [-0.39, 0.29) is 5.78 Å². The number of hydrogen-bond donors (Lipinski definition) is 0. The van der Waals surface area contributed by atoms with Crippen LogP contribution in [0.3, 0.4) is 0 Å². The first-order valence-electron chi connectivity index (χ1n) is 6.80. The molecule has 0 radical (unpaired) electrons. The van der Waals surface area contributed by atoms with Crippen LogP contribution in [0.1, 0.15) is 36.5 Å². The van der Waals surface area contributed by atoms with E-state index >= 15 is 0 Å². The standard InChI is InChI=1S/C15H19BrClNO/c1-2-18(10-11-3-4-11)8-7-15(19)13-6-5-12(16)9-14(13)17/h5-6,9,11H,2-4,7-8,10H2,1H3. The minimum Gasteiger partial charge on any atom is -0.303 e. The number of rotatable bonds is 7. The van der Waals surface area contributed by atoms with Gasteiger partial charge in [-0.05, 0) is 43.5 Å². The summed E-state index contributed by atoms with van der Waals surface area (Å²) in [7, 11) is 0. The van der Waals surface area contributed by atoms with Gasteiger partial charge in [0.2, 0.25) is 0 Å². The molecule has 1 aliphatic rings. The fourth-order valence-electron chi connectivity index (χ4n) is 2.15. The molecule has 1 aromatic rings. The molecule has 1 fully saturated rings. The maximum Gasteiger partial charge on any atom is 0.165 e. The van der Waals surface area contributed by atoms with Gasteiger partial charge in [0.05, 0.1) is 5.02 Å². The maximum atomic E-state index is 12.2. The monoisotopic (exact) mass is 343 g/mol. The molecule has 0 amide bonds. The molecule has 4 heteroatoms. The summed E-state index contributed by atoms with van der Waals surface area (Å²) in [5, 5.41) is 0.532. The number of Topliss-reactive ketones (excluding diaryl/α,β-unsaturated/α-hetero) is 1. The zero-order valence-electron chi connectivity index (χ0n) is 11.2. The second-order valence-corrected chi connectivity index (χ2v) is 6.46. The van der Waals surface area contributed by atoms with Crippen molar-refractivity contribution in [3.05, 3.63) is 33.3 Å². The summed E-state index contributed by atoms with van der Waals surface area (Å²) < 4.78 is 0.901. The van der Waals surface area contributed by atoms with Crippen LogP contribution in [0.15, 0.2) is 22.7 Å². The van der Waals surface area contributed by atoms with Gasteiger partial charge in [-0.25, -0.2) is 0 Å². The molecule has 1 aromatic carbocycles. The number of hydrogen-bond acceptors (Lipinski definition) is 2. The van der Waals surface area contributed by atoms with Crippen LogP contribution in [-0.4, -0.2) is 30.3 Å². The summed E-state index contributed by atoms with van der Waals surface area (Å²) in [5.41, 5.74) is 0.632. The molecule has 0 spiro atoms. The van der Waals surface area contributed by atoms with Crippen molar-refractivity contribution in [2.45, 2.75) is 26.2 Å². The molecule has 0 heterocycles. The van der Waals surface area contributed by atoms with E-state index in [2.05, 4.69) is 27.8 Å². The fourth-order valence-corrected chi connectivity index (χ4v) is 2.93. The van der Waals surface area contributed by atoms with Crippen LogP contribution >= 0.6 is 27.5 Å². The van der Waals surface area contributed by atoms with Crippen LogP contribution in [0, 0.1) is 5.92 Å². The lowest BCUT2D eigenvalue weighted by Crippen LogP contribution is -2.28. The quantitative estimate of drug-likeness (QED) is 0.683. The third kappa shape index (κ3) is 4.59. The zero-order chi connectivity index (χ0) is 13.8. The molecule has 2 rings (SSSR count). The van der Waals surface area contributed by atoms with E-state index in [0.29, 0.717) is 17.0 Å². The molecule has 0 aromatic heterocycles. The van der Waals surface area contributed by atoms with Crippen molar-refractivity contribution in [3.8, 4) is 0 Å². The van der Waals surface area contributed by atoms with Crippen LogP contribution in [0.2, 0.25) is 5.02 Å². The lowest BCUT2D eigenvalue weighted by molar-refractivity contribution is 0.0964. The first kappa shape index (κ1) is 15.0. The first-order chi connectivity index (χ1) is 9.10. The van der Waals surface area contributed by atoms with Gasteiger partial charge in [-0.2, -0.15) is 0 Å². The fraction of sp³-hybridized carbons (Fsp3) is 0.533. The Kier molecular flexibility index (Phi) is 5.43. The largest absolute Gasteiger partial charge is 0.303 e. The van der Waals surface area contributed by atoms with Gasteiger partial charge < -0.3 is 4.90 Å². The van der Waals surface area contributed by atoms with Crippen molar-refractivity contribution >= 4 is 33.3 Å². The van der Waals surface area contributed by atoms with E-state index in [1.54, 1.807) is 12.1 Å². The molecule has 0 bridgehead atoms. The van der Waals surface area contributed by atoms with Crippen molar-refractivity contribution in [3.63, 3.8) is 0 Å². The van der Waals surface area contributed by atoms with Gasteiger partial charge in [0, 0.05) is 29.5 Å². The predicted molar refractivity (Wildman–Crippen MR) is 82.9 cm³/mol. The van der Waals surface area contributed by atoms with E-state index in [9.17, 15) is 4.79 Å². The van der Waals surface area contributed by atoms with Crippen molar-refractivity contribution in [1.82, 2.24) is 4.90 Å². The van der Waals surface area contributed by atoms with Crippen molar-refractivity contribution < 1.29 is 4.79 Å². The maximum absolute atomic E-state index is 12.2. The SMILES string of the molecule is CCN(CCC(=O)c1ccc(Br)cc1Cl)CC1CC1. The van der Waals surface area contributed by atoms with Crippen LogP contribution in [-0.2, 0) is 0 Å². The van der Waals surface area contributed by atoms with Gasteiger partial charge in [-0.1, -0.05) is 34.5 Å². The molecule has 0 aliphatic heterocycles. The number of benzene rings is 1. The Balaban J connectivity index is 1.88. The highest BCUT2D eigenvalue weighted by Crippen LogP contribution is 2.29. The molecule has 0 saturated heterocycles. The van der Waals surface area contributed by atoms with Crippen molar-refractivity contribution in [2.75, 3.05) is 19.6 Å². The van der Waals surface area contributed by atoms with E-state index in [0.717, 1.165) is 30.0 Å². The Morgan fingerprint density at radius 1 is 1.47 bits per heavy atom. The Morgan fingerprint density at radius 2 is 2.21 bits per heavy atom. The summed E-state index contributed by atoms with van der Waals surface area (Å²) in [5.74, 6) is 0.998. The van der Waals surface area contributed by atoms with Crippen molar-refractivity contribution in [1.29, 1.82) is 0 Å². The predicted octanol–water partition coefficient (Wildman–Crippen LogP) is 4.41. The number of nitrogens with zero attached hydrogens (tertiary/aromatic N) is 1. The van der Waals surface area contributed by atoms with Gasteiger partial charge in [0.25, 0.3) is 0 Å². The second-order valence-electron chi connectivity index (χ2n) is 5.13. The third-order valence-electron chi connectivity index (χ3n) is 3.55. The molecule has 104 valence electrons. The number of carbonyl (C=O) groups is 1. The van der Waals surface area contributed by atoms with E-state index in [1.165, 1.54) is 12.8 Å². The van der Waals surface area contributed by atoms with Gasteiger partial charge in [0.15, 0.2) is 5.78 Å². The molecular weight excluding hydrogens is 326 g/mol. The average Bonchev–Trinajstić information content (AvgIpc) is 3.18. The van der Waals surface area contributed by atoms with Gasteiger partial charge in [-0.3, -0.25) is 4.79 Å². The molecule has 19 heavy (non-hydrogen) atoms. The summed E-state index contributed by atoms with van der Waals surface area (Å²) in [6.45, 7) is 5.13. The van der Waals surface area contributed by atoms with E-state index < -0.39 is 0 Å². The lowest BCUT2D eigenvalue weighted by atomic mass is 10.1. The highest BCUT2D eigenvalue weighted by Gasteiger charge is 2.23. The number of halogens is 2. The number of carbonyl (C=O) groups excluding carboxylic acids is 1. The van der Waals surface area contributed by atoms with Crippen molar-refractivity contribution in [2.24, 2.45) is 5.92 Å². The average molecular weight is 345 g/mol. The third-order valence-corrected chi connectivity index (χ3v) is 4.35. The van der Waals surface area contributed by atoms with Gasteiger partial charge >= 0.3 is 0 Å². The second kappa shape index (κ2) is 6.87. The Labute approximate surface area is 128 Å². The summed E-state index contributed by atoms with van der Waals surface area (Å²) in [6, 6.07) is 5.43. The molecule has 0 unspecified atom stereocenters. The molecule has 0 N–H and O–H groups in total. The molecule has 0 atom stereocenters. The highest BCUT2D eigenvalue weighted by molar-refractivity contribution is 9.10.